The number of nitro groups is 1. The maximum absolute atomic E-state index is 12.9. The summed E-state index contributed by atoms with van der Waals surface area (Å²) in [6, 6.07) is 3.21. The van der Waals surface area contributed by atoms with Crippen molar-refractivity contribution in [1.82, 2.24) is 0 Å². The van der Waals surface area contributed by atoms with Crippen molar-refractivity contribution in [3.8, 4) is 5.75 Å². The summed E-state index contributed by atoms with van der Waals surface area (Å²) < 4.78 is 77.1. The average Bonchev–Trinajstić information content (AvgIpc) is 2.58. The quantitative estimate of drug-likeness (QED) is 0.284. The van der Waals surface area contributed by atoms with Gasteiger partial charge in [0.15, 0.2) is 0 Å². The molecule has 1 unspecified atom stereocenters. The number of benzene rings is 2. The van der Waals surface area contributed by atoms with Gasteiger partial charge in [-0.1, -0.05) is 17.8 Å². The monoisotopic (exact) mass is 441 g/mol. The molecule has 0 aliphatic carbocycles. The van der Waals surface area contributed by atoms with Crippen LogP contribution in [0, 0.1) is 10.1 Å². The molecule has 0 aromatic heterocycles. The van der Waals surface area contributed by atoms with Gasteiger partial charge < -0.3 is 10.2 Å². The largest absolute Gasteiger partial charge is 0.507 e. The first-order valence-corrected chi connectivity index (χ1v) is 8.25. The minimum absolute atomic E-state index is 0.192. The van der Waals surface area contributed by atoms with Gasteiger partial charge in [-0.3, -0.25) is 14.9 Å². The number of carboxylic acids is 1. The average molecular weight is 441 g/mol. The Balaban J connectivity index is 2.53. The molecule has 0 spiro atoms. The molecule has 0 amide bonds. The number of phenols is 1. The zero-order valence-electron chi connectivity index (χ0n) is 13.8. The van der Waals surface area contributed by atoms with Crippen molar-refractivity contribution in [2.45, 2.75) is 22.5 Å². The van der Waals surface area contributed by atoms with E-state index in [2.05, 4.69) is 0 Å². The van der Waals surface area contributed by atoms with Crippen molar-refractivity contribution in [3.63, 3.8) is 0 Å². The minimum atomic E-state index is -5.01. The predicted octanol–water partition coefficient (Wildman–Crippen LogP) is 5.26. The number of alkyl halides is 6. The fraction of sp³-hybridized carbons (Fsp3) is 0.188. The molecule has 156 valence electrons. The van der Waals surface area contributed by atoms with Gasteiger partial charge in [-0.2, -0.15) is 26.3 Å². The number of nitro benzene ring substituents is 1. The maximum atomic E-state index is 12.9. The summed E-state index contributed by atoms with van der Waals surface area (Å²) in [6.07, 6.45) is -9.90. The highest BCUT2D eigenvalue weighted by Crippen LogP contribution is 2.44. The molecule has 2 N–H and O–H groups in total. The lowest BCUT2D eigenvalue weighted by Crippen LogP contribution is -2.12. The van der Waals surface area contributed by atoms with Crippen LogP contribution in [-0.4, -0.2) is 21.1 Å². The first-order valence-electron chi connectivity index (χ1n) is 7.37. The van der Waals surface area contributed by atoms with Crippen molar-refractivity contribution in [1.29, 1.82) is 0 Å². The summed E-state index contributed by atoms with van der Waals surface area (Å²) in [5.74, 6) is -2.85. The molecular weight excluding hydrogens is 432 g/mol. The molecule has 13 heteroatoms. The van der Waals surface area contributed by atoms with Gasteiger partial charge in [-0.15, -0.1) is 0 Å². The van der Waals surface area contributed by atoms with Crippen molar-refractivity contribution < 1.29 is 46.3 Å². The van der Waals surface area contributed by atoms with E-state index < -0.39 is 61.5 Å². The molecule has 6 nitrogen and oxygen atoms in total. The van der Waals surface area contributed by atoms with Crippen LogP contribution in [0.25, 0.3) is 0 Å². The molecule has 2 rings (SSSR count). The second kappa shape index (κ2) is 7.81. The Morgan fingerprint density at radius 1 is 1.03 bits per heavy atom. The van der Waals surface area contributed by atoms with Gasteiger partial charge in [0, 0.05) is 6.07 Å². The summed E-state index contributed by atoms with van der Waals surface area (Å²) in [5, 5.41) is 28.0. The van der Waals surface area contributed by atoms with Gasteiger partial charge in [0.05, 0.1) is 20.9 Å². The van der Waals surface area contributed by atoms with E-state index in [0.717, 1.165) is 6.07 Å². The van der Waals surface area contributed by atoms with Gasteiger partial charge in [0.25, 0.3) is 5.69 Å². The van der Waals surface area contributed by atoms with Gasteiger partial charge in [0.1, 0.15) is 11.0 Å². The Morgan fingerprint density at radius 2 is 1.66 bits per heavy atom. The van der Waals surface area contributed by atoms with Crippen LogP contribution in [0.5, 0.6) is 5.75 Å². The van der Waals surface area contributed by atoms with Crippen LogP contribution in [-0.2, 0) is 17.1 Å². The van der Waals surface area contributed by atoms with Crippen LogP contribution in [0.4, 0.5) is 32.0 Å². The Hall–Kier alpha value is -2.96. The fourth-order valence-electron chi connectivity index (χ4n) is 2.27. The molecule has 2 aromatic carbocycles. The molecular formula is C16H9F6NO5S. The summed E-state index contributed by atoms with van der Waals surface area (Å²) in [5.41, 5.74) is -4.39. The Labute approximate surface area is 161 Å². The molecule has 0 heterocycles. The summed E-state index contributed by atoms with van der Waals surface area (Å²) in [4.78, 5) is 21.0. The number of hydrogen-bond acceptors (Lipinski definition) is 5. The number of halogens is 6. The highest BCUT2D eigenvalue weighted by molar-refractivity contribution is 8.00. The molecule has 0 aliphatic heterocycles. The van der Waals surface area contributed by atoms with Gasteiger partial charge in [-0.05, 0) is 29.8 Å². The van der Waals surface area contributed by atoms with Crippen LogP contribution in [0.3, 0.4) is 0 Å². The normalized spacial score (nSPS) is 13.2. The molecule has 0 radical (unpaired) electrons. The summed E-state index contributed by atoms with van der Waals surface area (Å²) in [7, 11) is 0. The Kier molecular flexibility index (Phi) is 6.02. The van der Waals surface area contributed by atoms with E-state index in [-0.39, 0.29) is 17.8 Å². The van der Waals surface area contributed by atoms with Crippen molar-refractivity contribution in [2.75, 3.05) is 0 Å². The number of nitrogens with zero attached hydrogens (tertiary/aromatic N) is 1. The van der Waals surface area contributed by atoms with E-state index in [9.17, 15) is 51.5 Å². The second-order valence-electron chi connectivity index (χ2n) is 5.55. The van der Waals surface area contributed by atoms with Crippen molar-refractivity contribution >= 4 is 23.4 Å². The molecule has 0 bridgehead atoms. The Morgan fingerprint density at radius 3 is 2.14 bits per heavy atom. The molecule has 0 fully saturated rings. The highest BCUT2D eigenvalue weighted by atomic mass is 32.2. The molecule has 29 heavy (non-hydrogen) atoms. The minimum Gasteiger partial charge on any atom is -0.507 e. The number of hydrogen-bond donors (Lipinski definition) is 2. The van der Waals surface area contributed by atoms with Crippen LogP contribution in [0.2, 0.25) is 0 Å². The van der Waals surface area contributed by atoms with Gasteiger partial charge in [0.2, 0.25) is 0 Å². The van der Waals surface area contributed by atoms with Gasteiger partial charge in [-0.25, -0.2) is 0 Å². The number of phenolic OH excluding ortho intramolecular Hbond substituents is 1. The molecule has 0 saturated heterocycles. The first kappa shape index (κ1) is 22.3. The lowest BCUT2D eigenvalue weighted by Gasteiger charge is -2.16. The number of aromatic hydroxyl groups is 1. The number of carboxylic acid groups (broad SMARTS) is 1. The molecule has 0 aliphatic rings. The third-order valence-corrected chi connectivity index (χ3v) is 4.89. The first-order chi connectivity index (χ1) is 13.2. The van der Waals surface area contributed by atoms with E-state index in [1.165, 1.54) is 0 Å². The lowest BCUT2D eigenvalue weighted by molar-refractivity contribution is -0.388. The van der Waals surface area contributed by atoms with E-state index in [1.807, 2.05) is 0 Å². The number of rotatable bonds is 5. The predicted molar refractivity (Wildman–Crippen MR) is 87.4 cm³/mol. The standard InChI is InChI=1S/C16H9F6NO5S/c17-15(18,19)8-2-4-12(10(6-8)23(27)28)29-13(14(25)26)7-1-3-11(24)9(5-7)16(20,21)22/h1-6,13,24H,(H,25,26). The third-order valence-electron chi connectivity index (χ3n) is 3.58. The summed E-state index contributed by atoms with van der Waals surface area (Å²) in [6.45, 7) is 0. The Bertz CT molecular complexity index is 960. The van der Waals surface area contributed by atoms with Crippen LogP contribution < -0.4 is 0 Å². The second-order valence-corrected chi connectivity index (χ2v) is 6.69. The lowest BCUT2D eigenvalue weighted by atomic mass is 10.1. The fourth-order valence-corrected chi connectivity index (χ4v) is 3.31. The van der Waals surface area contributed by atoms with Crippen molar-refractivity contribution in [3.05, 3.63) is 63.2 Å². The zero-order valence-corrected chi connectivity index (χ0v) is 14.6. The van der Waals surface area contributed by atoms with Crippen molar-refractivity contribution in [2.24, 2.45) is 0 Å². The number of aliphatic carboxylic acids is 1. The molecule has 1 atom stereocenters. The zero-order chi connectivity index (χ0) is 22.1. The van der Waals surface area contributed by atoms with E-state index >= 15 is 0 Å². The van der Waals surface area contributed by atoms with Crippen LogP contribution >= 0.6 is 11.8 Å². The topological polar surface area (TPSA) is 101 Å². The highest BCUT2D eigenvalue weighted by Gasteiger charge is 2.37. The maximum Gasteiger partial charge on any atom is 0.419 e. The number of carbonyl (C=O) groups is 1. The van der Waals surface area contributed by atoms with Crippen LogP contribution in [0.15, 0.2) is 41.3 Å². The summed E-state index contributed by atoms with van der Waals surface area (Å²) >= 11 is 0.192. The smallest absolute Gasteiger partial charge is 0.419 e. The van der Waals surface area contributed by atoms with E-state index in [0.29, 0.717) is 24.3 Å². The van der Waals surface area contributed by atoms with E-state index in [4.69, 9.17) is 0 Å². The van der Waals surface area contributed by atoms with Gasteiger partial charge >= 0.3 is 18.3 Å². The van der Waals surface area contributed by atoms with E-state index in [1.54, 1.807) is 0 Å². The number of thioether (sulfide) groups is 1. The molecule has 0 saturated carbocycles. The SMILES string of the molecule is O=C(O)C(Sc1ccc(C(F)(F)F)cc1[N+](=O)[O-])c1ccc(O)c(C(F)(F)F)c1. The molecule has 2 aromatic rings. The third kappa shape index (κ3) is 5.10. The van der Waals surface area contributed by atoms with Crippen LogP contribution in [0.1, 0.15) is 21.9 Å².